The maximum atomic E-state index is 10.9. The molecule has 0 aromatic rings. The molecule has 0 spiro atoms. The van der Waals surface area contributed by atoms with Gasteiger partial charge in [-0.1, -0.05) is 33.1 Å². The van der Waals surface area contributed by atoms with Crippen LogP contribution in [0.1, 0.15) is 46.0 Å². The van der Waals surface area contributed by atoms with E-state index in [0.717, 1.165) is 12.8 Å². The summed E-state index contributed by atoms with van der Waals surface area (Å²) in [6.45, 7) is 4.46. The van der Waals surface area contributed by atoms with Gasteiger partial charge in [-0.05, 0) is 6.42 Å². The smallest absolute Gasteiger partial charge is 0.287 e. The number of Topliss-reactive ketones (excluding diaryl/α,β-unsaturated/α-hetero) is 1. The second-order valence-electron chi connectivity index (χ2n) is 3.09. The lowest BCUT2D eigenvalue weighted by atomic mass is 10.2. The molecule has 0 aliphatic rings. The van der Waals surface area contributed by atoms with Crippen LogP contribution in [0.4, 0.5) is 0 Å². The van der Waals surface area contributed by atoms with Crippen LogP contribution < -0.4 is 5.32 Å². The fraction of sp³-hybridized carbons (Fsp3) is 0.800. The van der Waals surface area contributed by atoms with Gasteiger partial charge in [-0.3, -0.25) is 9.59 Å². The van der Waals surface area contributed by atoms with Crippen LogP contribution in [-0.4, -0.2) is 18.2 Å². The lowest BCUT2D eigenvalue weighted by Gasteiger charge is -2.02. The molecule has 13 heavy (non-hydrogen) atoms. The maximum absolute atomic E-state index is 10.9. The van der Waals surface area contributed by atoms with Crippen LogP contribution >= 0.6 is 0 Å². The third-order valence-corrected chi connectivity index (χ3v) is 1.89. The minimum absolute atomic E-state index is 0.292. The van der Waals surface area contributed by atoms with Gasteiger partial charge in [0.2, 0.25) is 5.78 Å². The number of unbranched alkanes of at least 4 members (excludes halogenated alkanes) is 3. The molecule has 0 heterocycles. The van der Waals surface area contributed by atoms with Gasteiger partial charge in [0.05, 0.1) is 0 Å². The number of hydrogen-bond acceptors (Lipinski definition) is 2. The van der Waals surface area contributed by atoms with Crippen molar-refractivity contribution in [3.05, 3.63) is 0 Å². The second-order valence-corrected chi connectivity index (χ2v) is 3.09. The van der Waals surface area contributed by atoms with Crippen molar-refractivity contribution >= 4 is 11.7 Å². The quantitative estimate of drug-likeness (QED) is 0.484. The molecule has 0 aromatic heterocycles. The Morgan fingerprint density at radius 3 is 2.31 bits per heavy atom. The van der Waals surface area contributed by atoms with Crippen LogP contribution in [0.5, 0.6) is 0 Å². The van der Waals surface area contributed by atoms with Gasteiger partial charge in [-0.15, -0.1) is 0 Å². The average molecular weight is 185 g/mol. The summed E-state index contributed by atoms with van der Waals surface area (Å²) in [6, 6.07) is 0. The second kappa shape index (κ2) is 7.77. The number of carbonyl (C=O) groups excluding carboxylic acids is 2. The highest BCUT2D eigenvalue weighted by atomic mass is 16.2. The molecule has 0 saturated carbocycles. The molecule has 0 bridgehead atoms. The normalized spacial score (nSPS) is 9.69. The van der Waals surface area contributed by atoms with Crippen LogP contribution in [0, 0.1) is 0 Å². The Bertz CT molecular complexity index is 166. The molecule has 3 heteroatoms. The van der Waals surface area contributed by atoms with Gasteiger partial charge < -0.3 is 5.32 Å². The van der Waals surface area contributed by atoms with Crippen LogP contribution in [-0.2, 0) is 9.59 Å². The molecular weight excluding hydrogens is 166 g/mol. The molecule has 76 valence electrons. The van der Waals surface area contributed by atoms with Crippen LogP contribution in [0.25, 0.3) is 0 Å². The summed E-state index contributed by atoms with van der Waals surface area (Å²) in [4.78, 5) is 21.8. The predicted octanol–water partition coefficient (Wildman–Crippen LogP) is 1.66. The Hall–Kier alpha value is -0.860. The first-order valence-corrected chi connectivity index (χ1v) is 5.03. The van der Waals surface area contributed by atoms with Crippen LogP contribution in [0.15, 0.2) is 0 Å². The summed E-state index contributed by atoms with van der Waals surface area (Å²) in [6.07, 6.45) is 4.76. The van der Waals surface area contributed by atoms with E-state index >= 15 is 0 Å². The zero-order valence-electron chi connectivity index (χ0n) is 8.56. The van der Waals surface area contributed by atoms with Gasteiger partial charge in [-0.25, -0.2) is 0 Å². The fourth-order valence-corrected chi connectivity index (χ4v) is 1.01. The van der Waals surface area contributed by atoms with E-state index in [1.165, 1.54) is 12.8 Å². The largest absolute Gasteiger partial charge is 0.350 e. The lowest BCUT2D eigenvalue weighted by Crippen LogP contribution is -2.31. The van der Waals surface area contributed by atoms with E-state index in [0.29, 0.717) is 13.0 Å². The van der Waals surface area contributed by atoms with E-state index in [4.69, 9.17) is 0 Å². The molecule has 0 unspecified atom stereocenters. The van der Waals surface area contributed by atoms with E-state index in [2.05, 4.69) is 12.2 Å². The molecule has 0 atom stereocenters. The Morgan fingerprint density at radius 1 is 1.08 bits per heavy atom. The van der Waals surface area contributed by atoms with Gasteiger partial charge in [0.15, 0.2) is 0 Å². The highest BCUT2D eigenvalue weighted by Crippen LogP contribution is 1.96. The zero-order chi connectivity index (χ0) is 10.1. The Kier molecular flexibility index (Phi) is 7.26. The van der Waals surface area contributed by atoms with E-state index in [-0.39, 0.29) is 5.78 Å². The molecule has 0 aromatic carbocycles. The number of amides is 1. The zero-order valence-corrected chi connectivity index (χ0v) is 8.56. The molecule has 1 N–H and O–H groups in total. The van der Waals surface area contributed by atoms with Gasteiger partial charge in [0, 0.05) is 13.0 Å². The summed E-state index contributed by atoms with van der Waals surface area (Å²) in [5.74, 6) is -0.755. The van der Waals surface area contributed by atoms with Crippen molar-refractivity contribution < 1.29 is 9.59 Å². The molecule has 0 fully saturated rings. The number of nitrogens with one attached hydrogen (secondary N) is 1. The van der Waals surface area contributed by atoms with Crippen molar-refractivity contribution in [2.75, 3.05) is 6.54 Å². The lowest BCUT2D eigenvalue weighted by molar-refractivity contribution is -0.137. The van der Waals surface area contributed by atoms with Gasteiger partial charge in [-0.2, -0.15) is 0 Å². The monoisotopic (exact) mass is 185 g/mol. The SMILES string of the molecule is CCCCCCNC(=O)C(=O)CC. The van der Waals surface area contributed by atoms with Crippen molar-refractivity contribution in [1.29, 1.82) is 0 Å². The predicted molar refractivity (Wildman–Crippen MR) is 52.4 cm³/mol. The molecule has 0 radical (unpaired) electrons. The first-order chi connectivity index (χ1) is 6.22. The van der Waals surface area contributed by atoms with Gasteiger partial charge in [0.25, 0.3) is 5.91 Å². The summed E-state index contributed by atoms with van der Waals surface area (Å²) < 4.78 is 0. The summed E-state index contributed by atoms with van der Waals surface area (Å²) in [5.41, 5.74) is 0. The molecular formula is C10H19NO2. The Balaban J connectivity index is 3.32. The average Bonchev–Trinajstić information content (AvgIpc) is 2.16. The van der Waals surface area contributed by atoms with Crippen LogP contribution in [0.3, 0.4) is 0 Å². The summed E-state index contributed by atoms with van der Waals surface area (Å²) >= 11 is 0. The van der Waals surface area contributed by atoms with Crippen LogP contribution in [0.2, 0.25) is 0 Å². The minimum atomic E-state index is -0.431. The molecule has 3 nitrogen and oxygen atoms in total. The van der Waals surface area contributed by atoms with E-state index in [1.807, 2.05) is 0 Å². The third-order valence-electron chi connectivity index (χ3n) is 1.89. The first-order valence-electron chi connectivity index (χ1n) is 5.03. The Morgan fingerprint density at radius 2 is 1.77 bits per heavy atom. The van der Waals surface area contributed by atoms with Crippen molar-refractivity contribution in [2.24, 2.45) is 0 Å². The maximum Gasteiger partial charge on any atom is 0.287 e. The van der Waals surface area contributed by atoms with E-state index < -0.39 is 5.91 Å². The molecule has 0 aliphatic heterocycles. The fourth-order valence-electron chi connectivity index (χ4n) is 1.01. The third kappa shape index (κ3) is 6.31. The highest BCUT2D eigenvalue weighted by molar-refractivity contribution is 6.36. The van der Waals surface area contributed by atoms with E-state index in [1.54, 1.807) is 6.92 Å². The number of rotatable bonds is 7. The van der Waals surface area contributed by atoms with Crippen molar-refractivity contribution in [1.82, 2.24) is 5.32 Å². The standard InChI is InChI=1S/C10H19NO2/c1-3-5-6-7-8-11-10(13)9(12)4-2/h3-8H2,1-2H3,(H,11,13). The van der Waals surface area contributed by atoms with Crippen molar-refractivity contribution in [3.63, 3.8) is 0 Å². The molecule has 1 amide bonds. The number of carbonyl (C=O) groups is 2. The first kappa shape index (κ1) is 12.1. The highest BCUT2D eigenvalue weighted by Gasteiger charge is 2.08. The van der Waals surface area contributed by atoms with E-state index in [9.17, 15) is 9.59 Å². The summed E-state index contributed by atoms with van der Waals surface area (Å²) in [5, 5.41) is 2.60. The van der Waals surface area contributed by atoms with Crippen molar-refractivity contribution in [3.8, 4) is 0 Å². The summed E-state index contributed by atoms with van der Waals surface area (Å²) in [7, 11) is 0. The Labute approximate surface area is 79.9 Å². The van der Waals surface area contributed by atoms with Gasteiger partial charge in [0.1, 0.15) is 0 Å². The number of hydrogen-bond donors (Lipinski definition) is 1. The topological polar surface area (TPSA) is 46.2 Å². The molecule has 0 aliphatic carbocycles. The number of ketones is 1. The van der Waals surface area contributed by atoms with Gasteiger partial charge >= 0.3 is 0 Å². The molecule has 0 saturated heterocycles. The minimum Gasteiger partial charge on any atom is -0.350 e. The van der Waals surface area contributed by atoms with Crippen molar-refractivity contribution in [2.45, 2.75) is 46.0 Å². The molecule has 0 rings (SSSR count).